The lowest BCUT2D eigenvalue weighted by atomic mass is 10.2. The highest BCUT2D eigenvalue weighted by Crippen LogP contribution is 2.43. The molecule has 0 radical (unpaired) electrons. The highest BCUT2D eigenvalue weighted by molar-refractivity contribution is 9.08. The summed E-state index contributed by atoms with van der Waals surface area (Å²) in [7, 11) is -1.84. The van der Waals surface area contributed by atoms with Gasteiger partial charge < -0.3 is 4.43 Å². The van der Waals surface area contributed by atoms with Crippen molar-refractivity contribution in [3.8, 4) is 5.75 Å². The predicted octanol–water partition coefficient (Wildman–Crippen LogP) is 6.14. The van der Waals surface area contributed by atoms with Gasteiger partial charge >= 0.3 is 0 Å². The Bertz CT molecular complexity index is 380. The van der Waals surface area contributed by atoms with Crippen molar-refractivity contribution in [1.82, 2.24) is 0 Å². The van der Waals surface area contributed by atoms with Crippen LogP contribution < -0.4 is 4.43 Å². The molecule has 1 aromatic rings. The van der Waals surface area contributed by atoms with Gasteiger partial charge in [-0.3, -0.25) is 0 Å². The number of hydrogen-bond acceptors (Lipinski definition) is 1. The molecule has 0 atom stereocenters. The molecule has 19 heavy (non-hydrogen) atoms. The van der Waals surface area contributed by atoms with Crippen LogP contribution in [-0.4, -0.2) is 8.32 Å². The highest BCUT2D eigenvalue weighted by Gasteiger charge is 2.47. The number of halogens is 1. The van der Waals surface area contributed by atoms with E-state index < -0.39 is 8.32 Å². The van der Waals surface area contributed by atoms with Gasteiger partial charge in [0.1, 0.15) is 5.75 Å². The standard InChI is InChI=1S/C16H27BrOSi/c1-12(2)19(13(3)4,14(5)6)18-16-10-8-7-9-15(16)11-17/h7-10,12-14H,11H2,1-6H3. The summed E-state index contributed by atoms with van der Waals surface area (Å²) >= 11 is 3.56. The molecule has 0 amide bonds. The van der Waals surface area contributed by atoms with Crippen LogP contribution in [0.4, 0.5) is 0 Å². The van der Waals surface area contributed by atoms with Crippen molar-refractivity contribution in [3.05, 3.63) is 29.8 Å². The quantitative estimate of drug-likeness (QED) is 0.445. The van der Waals surface area contributed by atoms with E-state index in [1.54, 1.807) is 0 Å². The Morgan fingerprint density at radius 3 is 1.84 bits per heavy atom. The summed E-state index contributed by atoms with van der Waals surface area (Å²) in [5.41, 5.74) is 3.07. The van der Waals surface area contributed by atoms with E-state index in [0.29, 0.717) is 16.6 Å². The van der Waals surface area contributed by atoms with Gasteiger partial charge in [-0.2, -0.15) is 0 Å². The first-order chi connectivity index (χ1) is 8.86. The number of rotatable bonds is 6. The minimum atomic E-state index is -1.84. The zero-order chi connectivity index (χ0) is 14.6. The van der Waals surface area contributed by atoms with Gasteiger partial charge in [0.15, 0.2) is 0 Å². The minimum absolute atomic E-state index is 0.607. The fourth-order valence-electron chi connectivity index (χ4n) is 3.26. The van der Waals surface area contributed by atoms with E-state index in [2.05, 4.69) is 81.7 Å². The third-order valence-corrected chi connectivity index (χ3v) is 10.7. The van der Waals surface area contributed by atoms with E-state index in [-0.39, 0.29) is 0 Å². The second-order valence-corrected chi connectivity index (χ2v) is 12.1. The number of hydrogen-bond donors (Lipinski definition) is 0. The molecule has 0 heterocycles. The maximum absolute atomic E-state index is 6.72. The van der Waals surface area contributed by atoms with Gasteiger partial charge in [0, 0.05) is 10.9 Å². The van der Waals surface area contributed by atoms with Crippen molar-refractivity contribution in [2.75, 3.05) is 0 Å². The molecule has 0 saturated heterocycles. The molecule has 0 aliphatic rings. The SMILES string of the molecule is CC(C)[Si](Oc1ccccc1CBr)(C(C)C)C(C)C. The molecule has 0 aromatic heterocycles. The second-order valence-electron chi connectivity index (χ2n) is 6.16. The first-order valence-corrected chi connectivity index (χ1v) is 10.4. The van der Waals surface area contributed by atoms with Crippen molar-refractivity contribution >= 4 is 24.2 Å². The van der Waals surface area contributed by atoms with Crippen LogP contribution in [0, 0.1) is 0 Å². The van der Waals surface area contributed by atoms with E-state index in [1.807, 2.05) is 0 Å². The Balaban J connectivity index is 3.21. The molecule has 0 unspecified atom stereocenters. The van der Waals surface area contributed by atoms with E-state index >= 15 is 0 Å². The Morgan fingerprint density at radius 1 is 0.947 bits per heavy atom. The number of benzene rings is 1. The van der Waals surface area contributed by atoms with Crippen LogP contribution in [0.5, 0.6) is 5.75 Å². The molecule has 1 nitrogen and oxygen atoms in total. The fraction of sp³-hybridized carbons (Fsp3) is 0.625. The Morgan fingerprint density at radius 2 is 1.42 bits per heavy atom. The molecule has 0 fully saturated rings. The largest absolute Gasteiger partial charge is 0.542 e. The van der Waals surface area contributed by atoms with Crippen LogP contribution in [0.2, 0.25) is 16.6 Å². The van der Waals surface area contributed by atoms with Crippen molar-refractivity contribution in [2.24, 2.45) is 0 Å². The van der Waals surface area contributed by atoms with Crippen LogP contribution in [0.25, 0.3) is 0 Å². The van der Waals surface area contributed by atoms with Gasteiger partial charge in [-0.05, 0) is 22.7 Å². The van der Waals surface area contributed by atoms with Gasteiger partial charge in [0.05, 0.1) is 0 Å². The number of para-hydroxylation sites is 1. The highest BCUT2D eigenvalue weighted by atomic mass is 79.9. The lowest BCUT2D eigenvalue weighted by molar-refractivity contribution is 0.476. The summed E-state index contributed by atoms with van der Waals surface area (Å²) in [6, 6.07) is 8.41. The predicted molar refractivity (Wildman–Crippen MR) is 90.7 cm³/mol. The summed E-state index contributed by atoms with van der Waals surface area (Å²) in [5.74, 6) is 1.07. The average Bonchev–Trinajstić information content (AvgIpc) is 2.34. The van der Waals surface area contributed by atoms with Crippen LogP contribution >= 0.6 is 15.9 Å². The van der Waals surface area contributed by atoms with Crippen LogP contribution in [0.15, 0.2) is 24.3 Å². The van der Waals surface area contributed by atoms with Gasteiger partial charge in [-0.1, -0.05) is 75.7 Å². The molecule has 3 heteroatoms. The van der Waals surface area contributed by atoms with Gasteiger partial charge in [0.25, 0.3) is 8.32 Å². The van der Waals surface area contributed by atoms with Crippen LogP contribution in [0.3, 0.4) is 0 Å². The summed E-state index contributed by atoms with van der Waals surface area (Å²) in [6.07, 6.45) is 0. The Labute approximate surface area is 128 Å². The molecule has 1 aromatic carbocycles. The van der Waals surface area contributed by atoms with Gasteiger partial charge in [0.2, 0.25) is 0 Å². The van der Waals surface area contributed by atoms with Crippen LogP contribution in [-0.2, 0) is 5.33 Å². The minimum Gasteiger partial charge on any atom is -0.542 e. The monoisotopic (exact) mass is 342 g/mol. The molecule has 0 bridgehead atoms. The molecule has 0 spiro atoms. The molecule has 0 aliphatic carbocycles. The molecule has 0 N–H and O–H groups in total. The van der Waals surface area contributed by atoms with Crippen molar-refractivity contribution < 1.29 is 4.43 Å². The fourth-order valence-corrected chi connectivity index (χ4v) is 9.01. The van der Waals surface area contributed by atoms with E-state index in [9.17, 15) is 0 Å². The smallest absolute Gasteiger partial charge is 0.258 e. The summed E-state index contributed by atoms with van der Waals surface area (Å²) in [6.45, 7) is 13.9. The average molecular weight is 343 g/mol. The van der Waals surface area contributed by atoms with E-state index in [1.165, 1.54) is 5.56 Å². The van der Waals surface area contributed by atoms with Gasteiger partial charge in [-0.15, -0.1) is 0 Å². The van der Waals surface area contributed by atoms with Crippen LogP contribution in [0.1, 0.15) is 47.1 Å². The lowest BCUT2D eigenvalue weighted by Crippen LogP contribution is -2.50. The molecular formula is C16H27BrOSi. The summed E-state index contributed by atoms with van der Waals surface area (Å²) in [5, 5.41) is 0.849. The van der Waals surface area contributed by atoms with E-state index in [0.717, 1.165) is 11.1 Å². The molecule has 0 saturated carbocycles. The third kappa shape index (κ3) is 3.43. The van der Waals surface area contributed by atoms with Crippen molar-refractivity contribution in [1.29, 1.82) is 0 Å². The zero-order valence-corrected chi connectivity index (χ0v) is 15.6. The normalized spacial score (nSPS) is 12.5. The Hall–Kier alpha value is -0.283. The van der Waals surface area contributed by atoms with E-state index in [4.69, 9.17) is 4.43 Å². The Kier molecular flexibility index (Phi) is 6.12. The second kappa shape index (κ2) is 6.94. The lowest BCUT2D eigenvalue weighted by Gasteiger charge is -2.42. The third-order valence-electron chi connectivity index (χ3n) is 4.11. The molecule has 0 aliphatic heterocycles. The first-order valence-electron chi connectivity index (χ1n) is 7.19. The van der Waals surface area contributed by atoms with Gasteiger partial charge in [-0.25, -0.2) is 0 Å². The molecule has 108 valence electrons. The summed E-state index contributed by atoms with van der Waals surface area (Å²) < 4.78 is 6.72. The topological polar surface area (TPSA) is 9.23 Å². The van der Waals surface area contributed by atoms with Crippen molar-refractivity contribution in [3.63, 3.8) is 0 Å². The number of alkyl halides is 1. The first kappa shape index (κ1) is 16.8. The molecule has 1 rings (SSSR count). The zero-order valence-electron chi connectivity index (χ0n) is 13.0. The van der Waals surface area contributed by atoms with Crippen molar-refractivity contribution in [2.45, 2.75) is 63.5 Å². The summed E-state index contributed by atoms with van der Waals surface area (Å²) in [4.78, 5) is 0. The molecular weight excluding hydrogens is 316 g/mol. The maximum atomic E-state index is 6.72. The maximum Gasteiger partial charge on any atom is 0.258 e.